The van der Waals surface area contributed by atoms with Crippen LogP contribution in [0.1, 0.15) is 36.5 Å². The zero-order valence-corrected chi connectivity index (χ0v) is 23.9. The second-order valence-corrected chi connectivity index (χ2v) is 11.0. The van der Waals surface area contributed by atoms with E-state index < -0.39 is 29.3 Å². The van der Waals surface area contributed by atoms with E-state index in [1.165, 1.54) is 6.07 Å². The molecule has 0 aliphatic carbocycles. The number of carboxylic acid groups (broad SMARTS) is 1. The Kier molecular flexibility index (Phi) is 9.25. The average Bonchev–Trinajstić information content (AvgIpc) is 3.36. The third-order valence-corrected chi connectivity index (χ3v) is 7.45. The normalized spacial score (nSPS) is 11.6. The molecule has 0 saturated carbocycles. The van der Waals surface area contributed by atoms with Crippen LogP contribution in [0.5, 0.6) is 0 Å². The number of hydrogen-bond donors (Lipinski definition) is 2. The lowest BCUT2D eigenvalue weighted by atomic mass is 9.99. The second-order valence-electron chi connectivity index (χ2n) is 9.22. The van der Waals surface area contributed by atoms with E-state index in [1.807, 2.05) is 0 Å². The van der Waals surface area contributed by atoms with Gasteiger partial charge >= 0.3 is 12.1 Å². The first kappa shape index (κ1) is 30.4. The molecule has 4 rings (SSSR count). The van der Waals surface area contributed by atoms with Crippen LogP contribution >= 0.6 is 35.0 Å². The minimum absolute atomic E-state index is 0.0577. The van der Waals surface area contributed by atoms with Crippen LogP contribution in [0.2, 0.25) is 10.0 Å². The molecule has 1 aromatic heterocycles. The van der Waals surface area contributed by atoms with Gasteiger partial charge in [-0.05, 0) is 62.9 Å². The minimum Gasteiger partial charge on any atom is -0.481 e. The Balaban J connectivity index is 1.47. The van der Waals surface area contributed by atoms with Crippen molar-refractivity contribution < 1.29 is 27.9 Å². The number of anilines is 1. The van der Waals surface area contributed by atoms with Crippen molar-refractivity contribution in [2.75, 3.05) is 11.1 Å². The molecular weight excluding hydrogens is 602 g/mol. The zero-order valence-electron chi connectivity index (χ0n) is 21.5. The summed E-state index contributed by atoms with van der Waals surface area (Å²) in [6, 6.07) is 14.4. The van der Waals surface area contributed by atoms with E-state index in [4.69, 9.17) is 28.3 Å². The van der Waals surface area contributed by atoms with E-state index in [0.29, 0.717) is 16.8 Å². The van der Waals surface area contributed by atoms with Crippen molar-refractivity contribution in [1.82, 2.24) is 20.2 Å². The second kappa shape index (κ2) is 12.5. The standard InChI is InChI=1S/C27H22Cl2F3N5O3S/c1-14(2)18-10-19(27(30,31)32)25(21(29)12-18)37-26(34-35-36-37)41-13-23(38)33-22-8-7-17(11-20(22)28)16-5-3-15(4-6-16)9-24(39)40/h3-8,10-12,14H,9,13H2,1-2H3,(H,33,38)(H,39,40). The zero-order chi connectivity index (χ0) is 29.9. The summed E-state index contributed by atoms with van der Waals surface area (Å²) in [7, 11) is 0. The number of rotatable bonds is 9. The number of tetrazole rings is 1. The van der Waals surface area contributed by atoms with Crippen LogP contribution in [0.4, 0.5) is 18.9 Å². The molecule has 4 aromatic rings. The number of carbonyl (C=O) groups is 2. The van der Waals surface area contributed by atoms with Crippen molar-refractivity contribution in [3.05, 3.63) is 81.3 Å². The molecule has 0 fully saturated rings. The third kappa shape index (κ3) is 7.38. The number of carboxylic acids is 1. The van der Waals surface area contributed by atoms with Crippen LogP contribution in [0.3, 0.4) is 0 Å². The summed E-state index contributed by atoms with van der Waals surface area (Å²) in [5, 5.41) is 22.6. The number of thioether (sulfide) groups is 1. The number of alkyl halides is 3. The summed E-state index contributed by atoms with van der Waals surface area (Å²) in [6.07, 6.45) is -4.81. The number of nitrogens with one attached hydrogen (secondary N) is 1. The molecule has 3 aromatic carbocycles. The molecule has 0 unspecified atom stereocenters. The van der Waals surface area contributed by atoms with Gasteiger partial charge in [-0.3, -0.25) is 9.59 Å². The number of hydrogen-bond acceptors (Lipinski definition) is 6. The molecular formula is C27H22Cl2F3N5O3S. The fourth-order valence-corrected chi connectivity index (χ4v) is 5.11. The number of aromatic nitrogens is 4. The van der Waals surface area contributed by atoms with Gasteiger partial charge in [0, 0.05) is 0 Å². The monoisotopic (exact) mass is 623 g/mol. The van der Waals surface area contributed by atoms with Gasteiger partial charge in [-0.1, -0.05) is 79.1 Å². The minimum atomic E-state index is -4.72. The Labute approximate surface area is 246 Å². The Bertz CT molecular complexity index is 1590. The van der Waals surface area contributed by atoms with E-state index in [0.717, 1.165) is 33.6 Å². The van der Waals surface area contributed by atoms with Gasteiger partial charge in [-0.25, -0.2) is 0 Å². The summed E-state index contributed by atoms with van der Waals surface area (Å²) in [5.74, 6) is -1.84. The topological polar surface area (TPSA) is 110 Å². The predicted octanol–water partition coefficient (Wildman–Crippen LogP) is 7.14. The first-order valence-corrected chi connectivity index (χ1v) is 13.8. The predicted molar refractivity (Wildman–Crippen MR) is 151 cm³/mol. The number of aliphatic carboxylic acids is 1. The summed E-state index contributed by atoms with van der Waals surface area (Å²) in [4.78, 5) is 23.6. The molecule has 0 aliphatic heterocycles. The smallest absolute Gasteiger partial charge is 0.418 e. The van der Waals surface area contributed by atoms with Crippen LogP contribution in [0.15, 0.2) is 59.8 Å². The number of carbonyl (C=O) groups excluding carboxylic acids is 1. The summed E-state index contributed by atoms with van der Waals surface area (Å²) < 4.78 is 42.7. The van der Waals surface area contributed by atoms with Crippen LogP contribution in [-0.2, 0) is 22.2 Å². The number of amides is 1. The first-order valence-electron chi connectivity index (χ1n) is 12.1. The van der Waals surface area contributed by atoms with Crippen LogP contribution in [-0.4, -0.2) is 42.9 Å². The average molecular weight is 624 g/mol. The molecule has 41 heavy (non-hydrogen) atoms. The maximum atomic E-state index is 13.9. The molecule has 0 atom stereocenters. The Morgan fingerprint density at radius 1 is 1.02 bits per heavy atom. The van der Waals surface area contributed by atoms with Crippen LogP contribution < -0.4 is 5.32 Å². The third-order valence-electron chi connectivity index (χ3n) is 5.93. The van der Waals surface area contributed by atoms with Crippen molar-refractivity contribution in [3.63, 3.8) is 0 Å². The number of benzene rings is 3. The molecule has 1 amide bonds. The highest BCUT2D eigenvalue weighted by Gasteiger charge is 2.37. The molecule has 2 N–H and O–H groups in total. The van der Waals surface area contributed by atoms with E-state index in [-0.39, 0.29) is 33.3 Å². The maximum absolute atomic E-state index is 13.9. The van der Waals surface area contributed by atoms with Crippen molar-refractivity contribution in [3.8, 4) is 16.8 Å². The molecule has 214 valence electrons. The lowest BCUT2D eigenvalue weighted by Crippen LogP contribution is -2.16. The Morgan fingerprint density at radius 2 is 1.71 bits per heavy atom. The highest BCUT2D eigenvalue weighted by Crippen LogP contribution is 2.40. The van der Waals surface area contributed by atoms with Gasteiger partial charge in [0.15, 0.2) is 0 Å². The molecule has 0 radical (unpaired) electrons. The lowest BCUT2D eigenvalue weighted by molar-refractivity contribution is -0.138. The molecule has 0 bridgehead atoms. The van der Waals surface area contributed by atoms with E-state index in [1.54, 1.807) is 56.3 Å². The van der Waals surface area contributed by atoms with E-state index in [2.05, 4.69) is 20.8 Å². The van der Waals surface area contributed by atoms with Gasteiger partial charge in [-0.2, -0.15) is 17.9 Å². The van der Waals surface area contributed by atoms with Crippen molar-refractivity contribution in [1.29, 1.82) is 0 Å². The molecule has 0 saturated heterocycles. The fourth-order valence-electron chi connectivity index (χ4n) is 3.90. The van der Waals surface area contributed by atoms with E-state index in [9.17, 15) is 22.8 Å². The quantitative estimate of drug-likeness (QED) is 0.191. The molecule has 0 aliphatic rings. The Morgan fingerprint density at radius 3 is 2.32 bits per heavy atom. The summed E-state index contributed by atoms with van der Waals surface area (Å²) >= 11 is 13.5. The van der Waals surface area contributed by atoms with Crippen molar-refractivity contribution in [2.24, 2.45) is 0 Å². The lowest BCUT2D eigenvalue weighted by Gasteiger charge is -2.18. The molecule has 1 heterocycles. The van der Waals surface area contributed by atoms with Gasteiger partial charge in [0.1, 0.15) is 5.69 Å². The van der Waals surface area contributed by atoms with Gasteiger partial charge in [0.05, 0.1) is 33.5 Å². The summed E-state index contributed by atoms with van der Waals surface area (Å²) in [6.45, 7) is 3.51. The molecule has 8 nitrogen and oxygen atoms in total. The number of nitrogens with zero attached hydrogens (tertiary/aromatic N) is 4. The molecule has 0 spiro atoms. The van der Waals surface area contributed by atoms with Gasteiger partial charge < -0.3 is 10.4 Å². The van der Waals surface area contributed by atoms with Crippen molar-refractivity contribution in [2.45, 2.75) is 37.5 Å². The molecule has 14 heteroatoms. The highest BCUT2D eigenvalue weighted by atomic mass is 35.5. The van der Waals surface area contributed by atoms with E-state index >= 15 is 0 Å². The summed E-state index contributed by atoms with van der Waals surface area (Å²) in [5.41, 5.74) is 1.54. The van der Waals surface area contributed by atoms with Crippen LogP contribution in [0.25, 0.3) is 16.8 Å². The highest BCUT2D eigenvalue weighted by molar-refractivity contribution is 7.99. The SMILES string of the molecule is CC(C)c1cc(Cl)c(-n2nnnc2SCC(=O)Nc2ccc(-c3ccc(CC(=O)O)cc3)cc2Cl)c(C(F)(F)F)c1. The van der Waals surface area contributed by atoms with Crippen molar-refractivity contribution >= 4 is 52.5 Å². The van der Waals surface area contributed by atoms with Crippen LogP contribution in [0, 0.1) is 0 Å². The maximum Gasteiger partial charge on any atom is 0.418 e. The first-order chi connectivity index (χ1) is 19.3. The van der Waals surface area contributed by atoms with Gasteiger partial charge in [0.2, 0.25) is 11.1 Å². The van der Waals surface area contributed by atoms with Gasteiger partial charge in [-0.15, -0.1) is 5.10 Å². The largest absolute Gasteiger partial charge is 0.481 e. The fraction of sp³-hybridized carbons (Fsp3) is 0.222. The Hall–Kier alpha value is -3.61. The number of halogens is 5. The van der Waals surface area contributed by atoms with Gasteiger partial charge in [0.25, 0.3) is 0 Å².